The van der Waals surface area contributed by atoms with Gasteiger partial charge in [-0.05, 0) is 124 Å². The smallest absolute Gasteiger partial charge is 0.407 e. The zero-order valence-electron chi connectivity index (χ0n) is 42.9. The van der Waals surface area contributed by atoms with E-state index in [1.54, 1.807) is 69.3 Å². The van der Waals surface area contributed by atoms with Crippen molar-refractivity contribution in [3.8, 4) is 33.8 Å². The first-order valence-electron chi connectivity index (χ1n) is 24.4. The number of ether oxygens (including phenoxy) is 4. The second-order valence-corrected chi connectivity index (χ2v) is 18.8. The van der Waals surface area contributed by atoms with E-state index in [1.807, 2.05) is 12.1 Å². The highest BCUT2D eigenvalue weighted by Gasteiger charge is 2.36. The molecular formula is C55H70N6O11. The molecule has 17 nitrogen and oxygen atoms in total. The summed E-state index contributed by atoms with van der Waals surface area (Å²) in [5.41, 5.74) is 5.03. The third kappa shape index (κ3) is 15.5. The molecule has 0 radical (unpaired) electrons. The van der Waals surface area contributed by atoms with E-state index in [-0.39, 0.29) is 38.3 Å². The van der Waals surface area contributed by atoms with E-state index in [0.29, 0.717) is 52.2 Å². The van der Waals surface area contributed by atoms with Gasteiger partial charge >= 0.3 is 12.1 Å². The monoisotopic (exact) mass is 991 g/mol. The first kappa shape index (κ1) is 55.5. The summed E-state index contributed by atoms with van der Waals surface area (Å²) in [5, 5.41) is 13.7. The first-order valence-corrected chi connectivity index (χ1v) is 24.4. The van der Waals surface area contributed by atoms with Gasteiger partial charge in [-0.25, -0.2) is 9.59 Å². The number of amides is 6. The number of fused-ring (bicyclic) bond motifs is 5. The molecule has 0 fully saturated rings. The Morgan fingerprint density at radius 1 is 0.764 bits per heavy atom. The van der Waals surface area contributed by atoms with Crippen LogP contribution >= 0.6 is 0 Å². The number of alkyl carbamates (subject to hydrolysis) is 1. The van der Waals surface area contributed by atoms with Crippen LogP contribution in [-0.4, -0.2) is 112 Å². The molecule has 4 aromatic rings. The summed E-state index contributed by atoms with van der Waals surface area (Å²) in [6.45, 7) is 9.06. The fourth-order valence-electron chi connectivity index (χ4n) is 8.30. The van der Waals surface area contributed by atoms with Crippen LogP contribution in [0.4, 0.5) is 4.79 Å². The highest BCUT2D eigenvalue weighted by atomic mass is 16.6. The van der Waals surface area contributed by atoms with Gasteiger partial charge < -0.3 is 50.4 Å². The standard InChI is InChI=1S/C55H70N6O11/c1-10-11-14-35-16-19-37(20-17-35)38-21-23-39(24-22-38)50(64)56-30-28-47(62)59-43(15-12-13-29-57-54(68)72-55(3,4)5)52(66)61(6)48-40-25-27-46(70-8)42(33-40)41-31-36(18-26-45(41)69-7)32-44(53(67)71-9)60-49(63)34(2)58-51(48)65/h16-27,31,33-34,43-44,48H,10-15,28-30,32H2,1-9H3,(H,56,64)(H,57,68)(H,58,65)(H,59,62)(H,60,63). The third-order valence-electron chi connectivity index (χ3n) is 12.2. The lowest BCUT2D eigenvalue weighted by Crippen LogP contribution is -2.55. The summed E-state index contributed by atoms with van der Waals surface area (Å²) in [5.74, 6) is -2.80. The van der Waals surface area contributed by atoms with Gasteiger partial charge in [0.1, 0.15) is 41.3 Å². The van der Waals surface area contributed by atoms with Crippen LogP contribution in [0.5, 0.6) is 11.5 Å². The summed E-state index contributed by atoms with van der Waals surface area (Å²) in [7, 11) is 5.63. The highest BCUT2D eigenvalue weighted by Crippen LogP contribution is 2.40. The van der Waals surface area contributed by atoms with Crippen LogP contribution in [0.2, 0.25) is 0 Å². The number of hydrogen-bond donors (Lipinski definition) is 5. The number of nitrogens with one attached hydrogen (secondary N) is 5. The van der Waals surface area contributed by atoms with E-state index >= 15 is 0 Å². The predicted octanol–water partition coefficient (Wildman–Crippen LogP) is 6.60. The van der Waals surface area contributed by atoms with Crippen molar-refractivity contribution in [3.63, 3.8) is 0 Å². The summed E-state index contributed by atoms with van der Waals surface area (Å²) in [4.78, 5) is 96.5. The Morgan fingerprint density at radius 2 is 1.40 bits per heavy atom. The number of rotatable bonds is 19. The average molecular weight is 991 g/mol. The van der Waals surface area contributed by atoms with E-state index < -0.39 is 65.5 Å². The Balaban J connectivity index is 1.39. The van der Waals surface area contributed by atoms with E-state index in [1.165, 1.54) is 45.8 Å². The number of benzene rings is 4. The van der Waals surface area contributed by atoms with Crippen LogP contribution in [0.1, 0.15) is 106 Å². The number of hydrogen-bond acceptors (Lipinski definition) is 11. The largest absolute Gasteiger partial charge is 0.496 e. The van der Waals surface area contributed by atoms with Crippen molar-refractivity contribution in [1.29, 1.82) is 0 Å². The number of carbonyl (C=O) groups is 7. The zero-order valence-corrected chi connectivity index (χ0v) is 42.9. The molecule has 0 saturated carbocycles. The Hall–Kier alpha value is -7.43. The summed E-state index contributed by atoms with van der Waals surface area (Å²) < 4.78 is 21.9. The minimum atomic E-state index is -1.38. The SMILES string of the molecule is CCCCc1ccc(-c2ccc(C(=O)NCCC(=O)NC(CCCCNC(=O)OC(C)(C)C)C(=O)N(C)C3C(=O)NC(C)C(=O)NC(C(=O)OC)Cc4ccc(OC)c(c4)-c4cc3ccc4OC)cc2)cc1. The number of aryl methyl sites for hydroxylation is 1. The number of methoxy groups -OCH3 is 3. The maximum Gasteiger partial charge on any atom is 0.407 e. The molecule has 386 valence electrons. The van der Waals surface area contributed by atoms with E-state index in [4.69, 9.17) is 18.9 Å². The van der Waals surface area contributed by atoms with Crippen LogP contribution in [0.3, 0.4) is 0 Å². The summed E-state index contributed by atoms with van der Waals surface area (Å²) in [6.07, 6.45) is 3.43. The molecule has 17 heteroatoms. The molecule has 1 heterocycles. The predicted molar refractivity (Wildman–Crippen MR) is 273 cm³/mol. The van der Waals surface area contributed by atoms with Gasteiger partial charge in [0.15, 0.2) is 0 Å². The molecule has 72 heavy (non-hydrogen) atoms. The number of likely N-dealkylation sites (N-methyl/N-ethyl adjacent to an activating group) is 1. The second kappa shape index (κ2) is 26.1. The van der Waals surface area contributed by atoms with Crippen molar-refractivity contribution in [2.24, 2.45) is 0 Å². The maximum atomic E-state index is 14.8. The van der Waals surface area contributed by atoms with E-state index in [0.717, 1.165) is 30.4 Å². The van der Waals surface area contributed by atoms with Gasteiger partial charge in [0, 0.05) is 49.7 Å². The summed E-state index contributed by atoms with van der Waals surface area (Å²) in [6, 6.07) is 21.0. The lowest BCUT2D eigenvalue weighted by atomic mass is 9.93. The average Bonchev–Trinajstić information content (AvgIpc) is 3.36. The van der Waals surface area contributed by atoms with Crippen LogP contribution in [-0.2, 0) is 46.3 Å². The van der Waals surface area contributed by atoms with Crippen molar-refractivity contribution in [3.05, 3.63) is 107 Å². The van der Waals surface area contributed by atoms with Crippen molar-refractivity contribution in [2.45, 2.75) is 116 Å². The first-order chi connectivity index (χ1) is 34.4. The second-order valence-electron chi connectivity index (χ2n) is 18.8. The molecule has 0 aromatic heterocycles. The van der Waals surface area contributed by atoms with E-state index in [9.17, 15) is 33.6 Å². The molecule has 0 spiro atoms. The molecule has 1 aliphatic rings. The van der Waals surface area contributed by atoms with Gasteiger partial charge in [-0.1, -0.05) is 61.9 Å². The lowest BCUT2D eigenvalue weighted by Gasteiger charge is -2.32. The van der Waals surface area contributed by atoms with Crippen molar-refractivity contribution in [1.82, 2.24) is 31.5 Å². The molecule has 1 aliphatic heterocycles. The summed E-state index contributed by atoms with van der Waals surface area (Å²) >= 11 is 0. The van der Waals surface area contributed by atoms with Gasteiger partial charge in [-0.3, -0.25) is 24.0 Å². The number of carbonyl (C=O) groups excluding carboxylic acids is 7. The Bertz CT molecular complexity index is 2540. The van der Waals surface area contributed by atoms with Crippen LogP contribution in [0.25, 0.3) is 22.3 Å². The number of nitrogens with zero attached hydrogens (tertiary/aromatic N) is 1. The maximum absolute atomic E-state index is 14.8. The molecule has 5 N–H and O–H groups in total. The number of esters is 1. The third-order valence-corrected chi connectivity index (χ3v) is 12.2. The molecule has 4 aromatic carbocycles. The Labute approximate surface area is 422 Å². The lowest BCUT2D eigenvalue weighted by molar-refractivity contribution is -0.145. The molecule has 4 bridgehead atoms. The molecule has 0 saturated heterocycles. The van der Waals surface area contributed by atoms with Crippen LogP contribution in [0.15, 0.2) is 84.9 Å². The van der Waals surface area contributed by atoms with E-state index in [2.05, 4.69) is 57.8 Å². The zero-order chi connectivity index (χ0) is 52.5. The molecule has 4 atom stereocenters. The van der Waals surface area contributed by atoms with Gasteiger partial charge in [0.05, 0.1) is 21.3 Å². The van der Waals surface area contributed by atoms with Crippen molar-refractivity contribution < 1.29 is 52.5 Å². The minimum absolute atomic E-state index is 0.0384. The van der Waals surface area contributed by atoms with Gasteiger partial charge in [-0.15, -0.1) is 0 Å². The van der Waals surface area contributed by atoms with Crippen molar-refractivity contribution in [2.75, 3.05) is 41.5 Å². The topological polar surface area (TPSA) is 220 Å². The Kier molecular flexibility index (Phi) is 20.2. The molecule has 6 amide bonds. The van der Waals surface area contributed by atoms with Crippen LogP contribution in [0, 0.1) is 0 Å². The quantitative estimate of drug-likeness (QED) is 0.0498. The minimum Gasteiger partial charge on any atom is -0.496 e. The fourth-order valence-corrected chi connectivity index (χ4v) is 8.30. The molecule has 4 unspecified atom stereocenters. The fraction of sp³-hybridized carbons (Fsp3) is 0.436. The highest BCUT2D eigenvalue weighted by molar-refractivity contribution is 5.97. The van der Waals surface area contributed by atoms with Gasteiger partial charge in [-0.2, -0.15) is 0 Å². The van der Waals surface area contributed by atoms with Gasteiger partial charge in [0.25, 0.3) is 5.91 Å². The van der Waals surface area contributed by atoms with Crippen molar-refractivity contribution >= 4 is 41.6 Å². The van der Waals surface area contributed by atoms with Gasteiger partial charge in [0.2, 0.25) is 23.6 Å². The normalized spacial score (nSPS) is 16.1. The Morgan fingerprint density at radius 3 is 2.03 bits per heavy atom. The molecule has 5 rings (SSSR count). The van der Waals surface area contributed by atoms with Crippen LogP contribution < -0.4 is 36.1 Å². The number of unbranched alkanes of at least 4 members (excludes halogenated alkanes) is 2. The molecule has 0 aliphatic carbocycles. The molecular weight excluding hydrogens is 921 g/mol.